The summed E-state index contributed by atoms with van der Waals surface area (Å²) in [6.07, 6.45) is 3.26. The van der Waals surface area contributed by atoms with Crippen molar-refractivity contribution in [3.63, 3.8) is 0 Å². The van der Waals surface area contributed by atoms with Gasteiger partial charge in [-0.25, -0.2) is 0 Å². The van der Waals surface area contributed by atoms with Crippen LogP contribution in [-0.4, -0.2) is 22.3 Å². The molecule has 1 aliphatic rings. The van der Waals surface area contributed by atoms with Crippen molar-refractivity contribution in [2.24, 2.45) is 0 Å². The molecule has 1 unspecified atom stereocenters. The number of carbonyl (C=O) groups is 3. The van der Waals surface area contributed by atoms with Gasteiger partial charge in [-0.05, 0) is 62.6 Å². The molecule has 1 aromatic carbocycles. The number of hydrogen-bond donors (Lipinski definition) is 0. The maximum atomic E-state index is 12.9. The first kappa shape index (κ1) is 17.9. The first-order chi connectivity index (χ1) is 12.3. The van der Waals surface area contributed by atoms with E-state index in [-0.39, 0.29) is 23.8 Å². The van der Waals surface area contributed by atoms with E-state index in [2.05, 4.69) is 4.98 Å². The molecular weight excluding hydrogens is 326 g/mol. The first-order valence-electron chi connectivity index (χ1n) is 8.60. The number of hydrogen-bond acceptors (Lipinski definition) is 4. The largest absolute Gasteiger partial charge is 0.298 e. The normalized spacial score (nSPS) is 18.6. The molecule has 1 saturated carbocycles. The van der Waals surface area contributed by atoms with Crippen LogP contribution in [0.15, 0.2) is 36.0 Å². The van der Waals surface area contributed by atoms with E-state index in [0.717, 1.165) is 22.3 Å². The van der Waals surface area contributed by atoms with Crippen molar-refractivity contribution in [3.8, 4) is 0 Å². The Bertz CT molecular complexity index is 929. The fourth-order valence-corrected chi connectivity index (χ4v) is 3.65. The predicted molar refractivity (Wildman–Crippen MR) is 100 cm³/mol. The average molecular weight is 347 g/mol. The molecule has 26 heavy (non-hydrogen) atoms. The van der Waals surface area contributed by atoms with Crippen molar-refractivity contribution in [2.75, 3.05) is 0 Å². The Morgan fingerprint density at radius 2 is 1.77 bits per heavy atom. The summed E-state index contributed by atoms with van der Waals surface area (Å²) < 4.78 is 0. The van der Waals surface area contributed by atoms with Crippen LogP contribution in [0.4, 0.5) is 0 Å². The maximum Gasteiger partial charge on any atom is 0.174 e. The highest BCUT2D eigenvalue weighted by Gasteiger charge is 2.39. The van der Waals surface area contributed by atoms with Gasteiger partial charge < -0.3 is 0 Å². The highest BCUT2D eigenvalue weighted by atomic mass is 16.2. The number of allylic oxidation sites excluding steroid dienone is 1. The van der Waals surface area contributed by atoms with Crippen molar-refractivity contribution in [1.82, 2.24) is 4.98 Å². The molecule has 1 aliphatic carbocycles. The SMILES string of the molecule is CC(=O)c1ccc(/C=C2\CC(=O)C(c3c(C)cc(C)cc3C)C2=O)nc1. The van der Waals surface area contributed by atoms with E-state index in [0.29, 0.717) is 16.8 Å². The van der Waals surface area contributed by atoms with Crippen molar-refractivity contribution in [3.05, 3.63) is 69.5 Å². The lowest BCUT2D eigenvalue weighted by Crippen LogP contribution is -2.15. The minimum atomic E-state index is -0.724. The van der Waals surface area contributed by atoms with Crippen molar-refractivity contribution in [2.45, 2.75) is 40.0 Å². The van der Waals surface area contributed by atoms with Crippen molar-refractivity contribution < 1.29 is 14.4 Å². The van der Waals surface area contributed by atoms with Crippen LogP contribution in [0.5, 0.6) is 0 Å². The van der Waals surface area contributed by atoms with Gasteiger partial charge in [0.2, 0.25) is 0 Å². The molecule has 1 aromatic heterocycles. The Hall–Kier alpha value is -2.88. The van der Waals surface area contributed by atoms with E-state index in [4.69, 9.17) is 0 Å². The Morgan fingerprint density at radius 1 is 1.12 bits per heavy atom. The maximum absolute atomic E-state index is 12.9. The Kier molecular flexibility index (Phi) is 4.68. The molecule has 4 nitrogen and oxygen atoms in total. The quantitative estimate of drug-likeness (QED) is 0.480. The van der Waals surface area contributed by atoms with Crippen LogP contribution < -0.4 is 0 Å². The van der Waals surface area contributed by atoms with E-state index in [1.807, 2.05) is 32.9 Å². The molecule has 0 radical (unpaired) electrons. The molecule has 1 atom stereocenters. The van der Waals surface area contributed by atoms with Crippen molar-refractivity contribution in [1.29, 1.82) is 0 Å². The Balaban J connectivity index is 1.95. The molecule has 0 saturated heterocycles. The molecular formula is C22H21NO3. The monoisotopic (exact) mass is 347 g/mol. The first-order valence-corrected chi connectivity index (χ1v) is 8.60. The highest BCUT2D eigenvalue weighted by Crippen LogP contribution is 2.36. The zero-order valence-corrected chi connectivity index (χ0v) is 15.4. The minimum Gasteiger partial charge on any atom is -0.298 e. The smallest absolute Gasteiger partial charge is 0.174 e. The second-order valence-corrected chi connectivity index (χ2v) is 6.95. The van der Waals surface area contributed by atoms with E-state index >= 15 is 0 Å². The standard InChI is InChI=1S/C22H21NO3/c1-12-7-13(2)20(14(3)8-12)21-19(25)10-17(22(21)26)9-18-6-5-16(11-23-18)15(4)24/h5-9,11,21H,10H2,1-4H3/b17-9+. The lowest BCUT2D eigenvalue weighted by Gasteiger charge is -2.15. The number of aromatic nitrogens is 1. The van der Waals surface area contributed by atoms with Crippen LogP contribution in [0, 0.1) is 20.8 Å². The summed E-state index contributed by atoms with van der Waals surface area (Å²) >= 11 is 0. The van der Waals surface area contributed by atoms with Gasteiger partial charge in [0, 0.05) is 23.8 Å². The molecule has 3 rings (SSSR count). The van der Waals surface area contributed by atoms with Gasteiger partial charge in [0.1, 0.15) is 5.92 Å². The lowest BCUT2D eigenvalue weighted by molar-refractivity contribution is -0.123. The van der Waals surface area contributed by atoms with Crippen LogP contribution in [-0.2, 0) is 9.59 Å². The van der Waals surface area contributed by atoms with Gasteiger partial charge in [-0.15, -0.1) is 0 Å². The molecule has 1 heterocycles. The number of carbonyl (C=O) groups excluding carboxylic acids is 3. The van der Waals surface area contributed by atoms with Gasteiger partial charge in [-0.2, -0.15) is 0 Å². The summed E-state index contributed by atoms with van der Waals surface area (Å²) in [6, 6.07) is 7.38. The fraction of sp³-hybridized carbons (Fsp3) is 0.273. The zero-order valence-electron chi connectivity index (χ0n) is 15.4. The summed E-state index contributed by atoms with van der Waals surface area (Å²) in [7, 11) is 0. The molecule has 0 amide bonds. The molecule has 2 aromatic rings. The zero-order chi connectivity index (χ0) is 19.0. The van der Waals surface area contributed by atoms with Crippen LogP contribution in [0.25, 0.3) is 6.08 Å². The van der Waals surface area contributed by atoms with Crippen molar-refractivity contribution >= 4 is 23.4 Å². The lowest BCUT2D eigenvalue weighted by atomic mass is 9.87. The summed E-state index contributed by atoms with van der Waals surface area (Å²) in [4.78, 5) is 41.0. The number of pyridine rings is 1. The summed E-state index contributed by atoms with van der Waals surface area (Å²) in [5, 5.41) is 0. The third-order valence-electron chi connectivity index (χ3n) is 4.81. The number of Topliss-reactive ketones (excluding diaryl/α,β-unsaturated/α-hetero) is 3. The van der Waals surface area contributed by atoms with E-state index in [1.165, 1.54) is 13.1 Å². The molecule has 132 valence electrons. The Labute approximate surface area is 153 Å². The molecule has 0 N–H and O–H groups in total. The van der Waals surface area contributed by atoms with Gasteiger partial charge in [-0.3, -0.25) is 19.4 Å². The number of rotatable bonds is 3. The fourth-order valence-electron chi connectivity index (χ4n) is 3.65. The molecule has 4 heteroatoms. The summed E-state index contributed by atoms with van der Waals surface area (Å²) in [5.41, 5.74) is 5.45. The second kappa shape index (κ2) is 6.79. The molecule has 0 spiro atoms. The second-order valence-electron chi connectivity index (χ2n) is 6.95. The third kappa shape index (κ3) is 3.27. The van der Waals surface area contributed by atoms with Crippen LogP contribution in [0.1, 0.15) is 57.6 Å². The van der Waals surface area contributed by atoms with Crippen LogP contribution >= 0.6 is 0 Å². The number of aryl methyl sites for hydroxylation is 3. The molecule has 1 fully saturated rings. The summed E-state index contributed by atoms with van der Waals surface area (Å²) in [6.45, 7) is 7.37. The molecule has 0 aliphatic heterocycles. The summed E-state index contributed by atoms with van der Waals surface area (Å²) in [5.74, 6) is -1.01. The van der Waals surface area contributed by atoms with Crippen LogP contribution in [0.3, 0.4) is 0 Å². The van der Waals surface area contributed by atoms with E-state index < -0.39 is 5.92 Å². The highest BCUT2D eigenvalue weighted by molar-refractivity contribution is 6.24. The topological polar surface area (TPSA) is 64.1 Å². The van der Waals surface area contributed by atoms with E-state index in [1.54, 1.807) is 18.2 Å². The van der Waals surface area contributed by atoms with Gasteiger partial charge in [0.05, 0.1) is 5.69 Å². The average Bonchev–Trinajstić information content (AvgIpc) is 2.82. The van der Waals surface area contributed by atoms with Gasteiger partial charge in [0.25, 0.3) is 0 Å². The number of ketones is 3. The van der Waals surface area contributed by atoms with Gasteiger partial charge >= 0.3 is 0 Å². The van der Waals surface area contributed by atoms with Crippen LogP contribution in [0.2, 0.25) is 0 Å². The molecule has 0 bridgehead atoms. The van der Waals surface area contributed by atoms with Gasteiger partial charge in [-0.1, -0.05) is 17.7 Å². The number of benzene rings is 1. The Morgan fingerprint density at radius 3 is 2.31 bits per heavy atom. The number of nitrogens with zero attached hydrogens (tertiary/aromatic N) is 1. The van der Waals surface area contributed by atoms with Gasteiger partial charge in [0.15, 0.2) is 17.3 Å². The van der Waals surface area contributed by atoms with E-state index in [9.17, 15) is 14.4 Å². The minimum absolute atomic E-state index is 0.0609. The predicted octanol–water partition coefficient (Wildman–Crippen LogP) is 3.92. The third-order valence-corrected chi connectivity index (χ3v) is 4.81.